The SMILES string of the molecule is [B][B]B([B])B(B([B])[B])C1(B(B([B])[B])B([B])[B])c2ccccc2-c2ccccc21. The van der Waals surface area contributed by atoms with Crippen LogP contribution in [0, 0.1) is 0 Å². The molecule has 17 radical (unpaired) electrons. The number of rotatable bonds is 7. The van der Waals surface area contributed by atoms with E-state index in [-0.39, 0.29) is 0 Å². The summed E-state index contributed by atoms with van der Waals surface area (Å²) in [5.74, 6) is 0. The van der Waals surface area contributed by atoms with Gasteiger partial charge in [-0.2, -0.15) is 0 Å². The van der Waals surface area contributed by atoms with Gasteiger partial charge < -0.3 is 0 Å². The molecule has 0 unspecified atom stereocenters. The summed E-state index contributed by atoms with van der Waals surface area (Å²) in [5.41, 5.74) is 3.95. The second kappa shape index (κ2) is 8.65. The average Bonchev–Trinajstić information content (AvgIpc) is 2.93. The van der Waals surface area contributed by atoms with Gasteiger partial charge in [0.25, 0.3) is 0 Å². The van der Waals surface area contributed by atoms with Crippen molar-refractivity contribution in [3.8, 4) is 11.1 Å². The molecule has 0 amide bonds. The molecule has 0 aromatic heterocycles. The smallest absolute Gasteiger partial charge is 0.0531 e. The molecular weight excluding hydrogens is 318 g/mol. The van der Waals surface area contributed by atoms with Crippen molar-refractivity contribution in [1.29, 1.82) is 0 Å². The van der Waals surface area contributed by atoms with Crippen LogP contribution < -0.4 is 0 Å². The third-order valence-electron chi connectivity index (χ3n) is 5.97. The standard InChI is InChI=1S/C13H8B15/c14-22-28(21)24(27(19)20)13(23(25(15)16)26(17)18)11-7-3-1-5-9(11)10-6-2-4-8-12(10)13/h1-8H. The molecule has 0 atom stereocenters. The molecule has 0 nitrogen and oxygen atoms in total. The summed E-state index contributed by atoms with van der Waals surface area (Å²) in [5, 5.41) is -0.904. The van der Waals surface area contributed by atoms with Crippen molar-refractivity contribution < 1.29 is 0 Å². The van der Waals surface area contributed by atoms with Gasteiger partial charge >= 0.3 is 0 Å². The maximum absolute atomic E-state index is 6.43. The number of hydrogen-bond acceptors (Lipinski definition) is 0. The minimum atomic E-state index is -0.904. The molecule has 2 aromatic rings. The van der Waals surface area contributed by atoms with Gasteiger partial charge in [-0.1, -0.05) is 53.7 Å². The number of fused-ring (bicyclic) bond motifs is 3. The van der Waals surface area contributed by atoms with Crippen LogP contribution in [0.15, 0.2) is 48.5 Å². The van der Waals surface area contributed by atoms with Crippen molar-refractivity contribution in [2.24, 2.45) is 0 Å². The van der Waals surface area contributed by atoms with Gasteiger partial charge in [-0.25, -0.2) is 0 Å². The molecule has 1 aliphatic rings. The minimum absolute atomic E-state index is 0.545. The topological polar surface area (TPSA) is 0 Å². The molecule has 15 heteroatoms. The molecule has 105 valence electrons. The molecule has 1 aliphatic carbocycles. The van der Waals surface area contributed by atoms with Gasteiger partial charge in [-0.15, -0.1) is 0 Å². The van der Waals surface area contributed by atoms with E-state index >= 15 is 0 Å². The van der Waals surface area contributed by atoms with Crippen molar-refractivity contribution in [1.82, 2.24) is 0 Å². The molecule has 0 saturated heterocycles. The molecule has 0 fully saturated rings. The zero-order valence-corrected chi connectivity index (χ0v) is 15.8. The lowest BCUT2D eigenvalue weighted by atomic mass is 8.57. The van der Waals surface area contributed by atoms with E-state index in [0.717, 1.165) is 22.3 Å². The predicted molar refractivity (Wildman–Crippen MR) is 139 cm³/mol. The highest BCUT2D eigenvalue weighted by molar-refractivity contribution is 7.90. The molecule has 0 spiro atoms. The lowest BCUT2D eigenvalue weighted by Crippen LogP contribution is -2.77. The van der Waals surface area contributed by atoms with E-state index in [2.05, 4.69) is 0 Å². The zero-order chi connectivity index (χ0) is 20.6. The van der Waals surface area contributed by atoms with E-state index in [4.69, 9.17) is 61.9 Å². The number of hydrogen-bond donors (Lipinski definition) is 0. The summed E-state index contributed by atoms with van der Waals surface area (Å²) < 4.78 is 0. The zero-order valence-electron chi connectivity index (χ0n) is 15.8. The molecular formula is C13H8B15. The summed E-state index contributed by atoms with van der Waals surface area (Å²) in [7, 11) is 51.2. The molecule has 0 N–H and O–H groups in total. The molecule has 3 rings (SSSR count). The lowest BCUT2D eigenvalue weighted by molar-refractivity contribution is 1.06. The van der Waals surface area contributed by atoms with Gasteiger partial charge in [0.2, 0.25) is 0 Å². The monoisotopic (exact) mass is 329 g/mol. The Balaban J connectivity index is 2.47. The number of benzene rings is 2. The van der Waals surface area contributed by atoms with Crippen LogP contribution in [0.3, 0.4) is 0 Å². The van der Waals surface area contributed by atoms with Crippen LogP contribution in [0.5, 0.6) is 0 Å². The van der Waals surface area contributed by atoms with Crippen molar-refractivity contribution in [2.45, 2.75) is 5.21 Å². The van der Waals surface area contributed by atoms with Crippen LogP contribution in [0.2, 0.25) is 0 Å². The predicted octanol–water partition coefficient (Wildman–Crippen LogP) is -2.75. The van der Waals surface area contributed by atoms with E-state index in [1.165, 1.54) is 7.06 Å². The Bertz CT molecular complexity index is 770. The fourth-order valence-electron chi connectivity index (χ4n) is 5.09. The quantitative estimate of drug-likeness (QED) is 0.484. The molecule has 2 aromatic carbocycles. The Morgan fingerprint density at radius 1 is 0.607 bits per heavy atom. The molecule has 0 aliphatic heterocycles. The Morgan fingerprint density at radius 3 is 1.36 bits per heavy atom. The first-order chi connectivity index (χ1) is 13.3. The molecule has 28 heavy (non-hydrogen) atoms. The summed E-state index contributed by atoms with van der Waals surface area (Å²) in [6.45, 7) is -1.14. The van der Waals surface area contributed by atoms with Gasteiger partial charge in [0.05, 0.1) is 13.0 Å². The average molecular weight is 326 g/mol. The summed E-state index contributed by atoms with van der Waals surface area (Å²) >= 11 is 0. The first-order valence-corrected chi connectivity index (χ1v) is 9.32. The van der Waals surface area contributed by atoms with Gasteiger partial charge in [0.1, 0.15) is 0 Å². The van der Waals surface area contributed by atoms with E-state index in [0.29, 0.717) is 0 Å². The van der Waals surface area contributed by atoms with Crippen LogP contribution in [-0.4, -0.2) is 107 Å². The van der Waals surface area contributed by atoms with Gasteiger partial charge in [-0.05, 0) is 22.3 Å². The van der Waals surface area contributed by atoms with E-state index in [1.54, 1.807) is 0 Å². The highest BCUT2D eigenvalue weighted by atomic mass is 14.3. The Kier molecular flexibility index (Phi) is 6.83. The van der Waals surface area contributed by atoms with E-state index in [1.807, 2.05) is 48.5 Å². The molecule has 0 heterocycles. The Morgan fingerprint density at radius 2 is 1.00 bits per heavy atom. The first kappa shape index (κ1) is 22.1. The highest BCUT2D eigenvalue weighted by Crippen LogP contribution is 2.52. The second-order valence-electron chi connectivity index (χ2n) is 7.51. The van der Waals surface area contributed by atoms with Crippen molar-refractivity contribution >= 4 is 107 Å². The fourth-order valence-corrected chi connectivity index (χ4v) is 5.09. The van der Waals surface area contributed by atoms with Crippen molar-refractivity contribution in [2.75, 3.05) is 0 Å². The molecule has 0 bridgehead atoms. The summed E-state index contributed by atoms with van der Waals surface area (Å²) in [4.78, 5) is 0. The van der Waals surface area contributed by atoms with Crippen LogP contribution in [-0.2, 0) is 5.21 Å². The normalized spacial score (nSPS) is 13.0. The molecule has 0 saturated carbocycles. The maximum atomic E-state index is 6.43. The van der Waals surface area contributed by atoms with Crippen LogP contribution in [0.25, 0.3) is 11.1 Å². The fraction of sp³-hybridized carbons (Fsp3) is 0.0769. The third kappa shape index (κ3) is 3.33. The highest BCUT2D eigenvalue weighted by Gasteiger charge is 2.57. The van der Waals surface area contributed by atoms with Crippen molar-refractivity contribution in [3.05, 3.63) is 59.7 Å². The second-order valence-corrected chi connectivity index (χ2v) is 7.51. The maximum Gasteiger partial charge on any atom is 0.0531 e. The lowest BCUT2D eigenvalue weighted by Gasteiger charge is -2.51. The first-order valence-electron chi connectivity index (χ1n) is 9.32. The van der Waals surface area contributed by atoms with Crippen molar-refractivity contribution in [3.63, 3.8) is 0 Å². The summed E-state index contributed by atoms with van der Waals surface area (Å²) in [6.07, 6.45) is -3.15. The van der Waals surface area contributed by atoms with Gasteiger partial charge in [-0.3, -0.25) is 0 Å². The van der Waals surface area contributed by atoms with Gasteiger partial charge in [0, 0.05) is 94.5 Å². The van der Waals surface area contributed by atoms with Crippen LogP contribution in [0.1, 0.15) is 11.1 Å². The summed E-state index contributed by atoms with van der Waals surface area (Å²) in [6, 6.07) is 15.9. The van der Waals surface area contributed by atoms with Crippen LogP contribution >= 0.6 is 0 Å². The largest absolute Gasteiger partial charge is 0.0620 e. The minimum Gasteiger partial charge on any atom is -0.0620 e. The van der Waals surface area contributed by atoms with E-state index in [9.17, 15) is 0 Å². The van der Waals surface area contributed by atoms with Gasteiger partial charge in [0.15, 0.2) is 0 Å². The Labute approximate surface area is 183 Å². The van der Waals surface area contributed by atoms with E-state index < -0.39 is 43.7 Å². The third-order valence-corrected chi connectivity index (χ3v) is 5.97. The van der Waals surface area contributed by atoms with Crippen LogP contribution in [0.4, 0.5) is 0 Å². The Hall–Kier alpha value is -0.586.